The molecule has 0 radical (unpaired) electrons. The van der Waals surface area contributed by atoms with Gasteiger partial charge in [-0.3, -0.25) is 0 Å². The number of carbonyl (C=O) groups excluding carboxylic acids is 1. The van der Waals surface area contributed by atoms with Crippen LogP contribution in [0, 0.1) is 6.92 Å². The van der Waals surface area contributed by atoms with Crippen molar-refractivity contribution in [3.63, 3.8) is 0 Å². The van der Waals surface area contributed by atoms with E-state index >= 15 is 0 Å². The molecule has 2 atom stereocenters. The normalized spacial score (nSPS) is 23.2. The number of rotatable bonds is 6. The molecule has 0 bridgehead atoms. The number of morpholine rings is 2. The highest BCUT2D eigenvalue weighted by Gasteiger charge is 2.30. The lowest BCUT2D eigenvalue weighted by Crippen LogP contribution is -2.49. The maximum atomic E-state index is 12.5. The van der Waals surface area contributed by atoms with Crippen molar-refractivity contribution in [3.05, 3.63) is 23.8 Å². The summed E-state index contributed by atoms with van der Waals surface area (Å²) >= 11 is 0. The fourth-order valence-corrected chi connectivity index (χ4v) is 5.25. The van der Waals surface area contributed by atoms with Crippen LogP contribution in [-0.2, 0) is 19.5 Å². The van der Waals surface area contributed by atoms with Crippen LogP contribution in [0.3, 0.4) is 0 Å². The Bertz CT molecular complexity index is 832. The molecule has 2 aliphatic heterocycles. The summed E-state index contributed by atoms with van der Waals surface area (Å²) in [7, 11) is -3.45. The highest BCUT2D eigenvalue weighted by Crippen LogP contribution is 2.23. The highest BCUT2D eigenvalue weighted by molar-refractivity contribution is 7.89. The van der Waals surface area contributed by atoms with Crippen LogP contribution in [0.15, 0.2) is 18.2 Å². The Morgan fingerprint density at radius 1 is 1.17 bits per heavy atom. The molecule has 2 saturated heterocycles. The standard InChI is InChI=1S/C20H32N4O5S/c1-15-12-18(23-7-9-28-10-8-23)4-5-19(15)22-20(25)21-6-11-30(26,27)24-13-16(2)29-17(3)14-24/h4-5,12,16-17H,6-11,13-14H2,1-3H3,(H2,21,22,25)/t16-,17+. The molecule has 0 saturated carbocycles. The third kappa shape index (κ3) is 6.07. The molecule has 0 aliphatic carbocycles. The SMILES string of the molecule is Cc1cc(N2CCOCC2)ccc1NC(=O)NCCS(=O)(=O)N1C[C@@H](C)O[C@@H](C)C1. The van der Waals surface area contributed by atoms with Crippen LogP contribution in [0.2, 0.25) is 0 Å². The van der Waals surface area contributed by atoms with E-state index < -0.39 is 16.1 Å². The molecular weight excluding hydrogens is 408 g/mol. The van der Waals surface area contributed by atoms with Gasteiger partial charge in [-0.05, 0) is 44.5 Å². The van der Waals surface area contributed by atoms with E-state index in [1.54, 1.807) is 0 Å². The fourth-order valence-electron chi connectivity index (χ4n) is 3.75. The molecule has 2 fully saturated rings. The Morgan fingerprint density at radius 2 is 1.83 bits per heavy atom. The number of nitrogens with zero attached hydrogens (tertiary/aromatic N) is 2. The lowest BCUT2D eigenvalue weighted by atomic mass is 10.1. The lowest BCUT2D eigenvalue weighted by Gasteiger charge is -2.34. The van der Waals surface area contributed by atoms with Crippen LogP contribution in [0.1, 0.15) is 19.4 Å². The number of nitrogens with one attached hydrogen (secondary N) is 2. The van der Waals surface area contributed by atoms with Crippen LogP contribution in [0.5, 0.6) is 0 Å². The number of benzene rings is 1. The van der Waals surface area contributed by atoms with Gasteiger partial charge in [0, 0.05) is 44.1 Å². The number of anilines is 2. The second-order valence-electron chi connectivity index (χ2n) is 7.87. The number of carbonyl (C=O) groups is 1. The van der Waals surface area contributed by atoms with Gasteiger partial charge in [0.15, 0.2) is 0 Å². The monoisotopic (exact) mass is 440 g/mol. The first-order valence-corrected chi connectivity index (χ1v) is 12.0. The molecule has 0 aromatic heterocycles. The van der Waals surface area contributed by atoms with Gasteiger partial charge in [-0.25, -0.2) is 13.2 Å². The Morgan fingerprint density at radius 3 is 2.47 bits per heavy atom. The van der Waals surface area contributed by atoms with Crippen LogP contribution < -0.4 is 15.5 Å². The van der Waals surface area contributed by atoms with Crippen LogP contribution in [-0.4, -0.2) is 82.7 Å². The second-order valence-corrected chi connectivity index (χ2v) is 9.96. The van der Waals surface area contributed by atoms with Gasteiger partial charge in [0.1, 0.15) is 0 Å². The minimum absolute atomic E-state index is 0.0409. The molecular formula is C20H32N4O5S. The van der Waals surface area contributed by atoms with Crippen molar-refractivity contribution < 1.29 is 22.7 Å². The minimum atomic E-state index is -3.45. The predicted molar refractivity (Wildman–Crippen MR) is 117 cm³/mol. The zero-order valence-corrected chi connectivity index (χ0v) is 18.7. The Hall–Kier alpha value is -1.88. The summed E-state index contributed by atoms with van der Waals surface area (Å²) in [6.07, 6.45) is -0.272. The average molecular weight is 441 g/mol. The van der Waals surface area contributed by atoms with Gasteiger partial charge in [-0.1, -0.05) is 0 Å². The second kappa shape index (κ2) is 9.95. The smallest absolute Gasteiger partial charge is 0.319 e. The maximum absolute atomic E-state index is 12.5. The minimum Gasteiger partial charge on any atom is -0.378 e. The van der Waals surface area contributed by atoms with Gasteiger partial charge in [0.2, 0.25) is 10.0 Å². The molecule has 2 heterocycles. The van der Waals surface area contributed by atoms with Crippen molar-refractivity contribution >= 4 is 27.4 Å². The number of amides is 2. The summed E-state index contributed by atoms with van der Waals surface area (Å²) in [5.74, 6) is -0.144. The number of ether oxygens (including phenoxy) is 2. The largest absolute Gasteiger partial charge is 0.378 e. The first-order valence-electron chi connectivity index (χ1n) is 10.4. The number of sulfonamides is 1. The van der Waals surface area contributed by atoms with E-state index in [2.05, 4.69) is 15.5 Å². The molecule has 2 amide bonds. The van der Waals surface area contributed by atoms with Crippen LogP contribution in [0.4, 0.5) is 16.2 Å². The summed E-state index contributed by atoms with van der Waals surface area (Å²) in [6.45, 7) is 9.50. The van der Waals surface area contributed by atoms with Crippen LogP contribution in [0.25, 0.3) is 0 Å². The number of hydrogen-bond acceptors (Lipinski definition) is 6. The Labute approximate surface area is 178 Å². The van der Waals surface area contributed by atoms with E-state index in [1.165, 1.54) is 4.31 Å². The third-order valence-corrected chi connectivity index (χ3v) is 7.06. The van der Waals surface area contributed by atoms with E-state index in [4.69, 9.17) is 9.47 Å². The number of urea groups is 1. The molecule has 3 rings (SSSR count). The Kier molecular flexibility index (Phi) is 7.56. The molecule has 2 aliphatic rings. The molecule has 2 N–H and O–H groups in total. The van der Waals surface area contributed by atoms with Gasteiger partial charge in [0.25, 0.3) is 0 Å². The van der Waals surface area contributed by atoms with Gasteiger partial charge in [-0.2, -0.15) is 4.31 Å². The zero-order chi connectivity index (χ0) is 21.7. The first kappa shape index (κ1) is 22.8. The molecule has 30 heavy (non-hydrogen) atoms. The lowest BCUT2D eigenvalue weighted by molar-refractivity contribution is -0.0440. The van der Waals surface area contributed by atoms with E-state index in [-0.39, 0.29) is 24.5 Å². The van der Waals surface area contributed by atoms with Crippen molar-refractivity contribution in [2.24, 2.45) is 0 Å². The summed E-state index contributed by atoms with van der Waals surface area (Å²) < 4.78 is 37.5. The van der Waals surface area contributed by atoms with Crippen molar-refractivity contribution in [1.29, 1.82) is 0 Å². The number of aryl methyl sites for hydroxylation is 1. The summed E-state index contributed by atoms with van der Waals surface area (Å²) in [4.78, 5) is 14.5. The molecule has 9 nitrogen and oxygen atoms in total. The topological polar surface area (TPSA) is 100 Å². The first-order chi connectivity index (χ1) is 14.2. The zero-order valence-electron chi connectivity index (χ0n) is 17.9. The van der Waals surface area contributed by atoms with Gasteiger partial charge < -0.3 is 25.0 Å². The summed E-state index contributed by atoms with van der Waals surface area (Å²) in [6, 6.07) is 5.45. The highest BCUT2D eigenvalue weighted by atomic mass is 32.2. The third-order valence-electron chi connectivity index (χ3n) is 5.26. The fraction of sp³-hybridized carbons (Fsp3) is 0.650. The molecule has 0 spiro atoms. The molecule has 0 unspecified atom stereocenters. The van der Waals surface area contributed by atoms with E-state index in [9.17, 15) is 13.2 Å². The summed E-state index contributed by atoms with van der Waals surface area (Å²) in [5.41, 5.74) is 2.74. The predicted octanol–water partition coefficient (Wildman–Crippen LogP) is 1.39. The van der Waals surface area contributed by atoms with E-state index in [1.807, 2.05) is 39.0 Å². The number of hydrogen-bond donors (Lipinski definition) is 2. The van der Waals surface area contributed by atoms with Crippen molar-refractivity contribution in [2.75, 3.05) is 61.9 Å². The molecule has 168 valence electrons. The van der Waals surface area contributed by atoms with Crippen LogP contribution >= 0.6 is 0 Å². The van der Waals surface area contributed by atoms with E-state index in [0.29, 0.717) is 32.0 Å². The Balaban J connectivity index is 1.48. The van der Waals surface area contributed by atoms with Crippen molar-refractivity contribution in [1.82, 2.24) is 9.62 Å². The average Bonchev–Trinajstić information content (AvgIpc) is 2.69. The maximum Gasteiger partial charge on any atom is 0.319 e. The van der Waals surface area contributed by atoms with Gasteiger partial charge >= 0.3 is 6.03 Å². The molecule has 1 aromatic carbocycles. The van der Waals surface area contributed by atoms with Crippen molar-refractivity contribution in [2.45, 2.75) is 33.0 Å². The van der Waals surface area contributed by atoms with E-state index in [0.717, 1.165) is 24.3 Å². The van der Waals surface area contributed by atoms with Crippen molar-refractivity contribution in [3.8, 4) is 0 Å². The van der Waals surface area contributed by atoms with Gasteiger partial charge in [0.05, 0.1) is 31.2 Å². The molecule has 10 heteroatoms. The van der Waals surface area contributed by atoms with Gasteiger partial charge in [-0.15, -0.1) is 0 Å². The molecule has 1 aromatic rings. The quantitative estimate of drug-likeness (QED) is 0.694. The summed E-state index contributed by atoms with van der Waals surface area (Å²) in [5, 5.41) is 5.44.